The minimum absolute atomic E-state index is 0.261. The summed E-state index contributed by atoms with van der Waals surface area (Å²) in [4.78, 5) is 0. The Morgan fingerprint density at radius 3 is 2.09 bits per heavy atom. The van der Waals surface area contributed by atoms with Crippen LogP contribution in [0.25, 0.3) is 0 Å². The van der Waals surface area contributed by atoms with Gasteiger partial charge in [0.25, 0.3) is 0 Å². The van der Waals surface area contributed by atoms with Gasteiger partial charge in [-0.25, -0.2) is 8.78 Å². The third kappa shape index (κ3) is 5.25. The number of hydrogen-bond donors (Lipinski definition) is 0. The molecule has 120 valence electrons. The van der Waals surface area contributed by atoms with Gasteiger partial charge in [-0.15, -0.1) is 0 Å². The summed E-state index contributed by atoms with van der Waals surface area (Å²) in [6.07, 6.45) is 6.27. The number of nitrogens with zero attached hydrogens (tertiary/aromatic N) is 2. The Labute approximate surface area is 139 Å². The summed E-state index contributed by atoms with van der Waals surface area (Å²) in [6.45, 7) is 2.16. The average molecular weight is 335 g/mol. The van der Waals surface area contributed by atoms with Crippen LogP contribution in [-0.2, 0) is 6.42 Å². The molecule has 0 spiro atoms. The summed E-state index contributed by atoms with van der Waals surface area (Å²) in [5.74, 6) is -1.64. The first-order valence-electron chi connectivity index (χ1n) is 7.40. The van der Waals surface area contributed by atoms with Crippen molar-refractivity contribution in [2.24, 2.45) is 10.2 Å². The quantitative estimate of drug-likeness (QED) is 0.383. The molecule has 0 fully saturated rings. The zero-order valence-electron chi connectivity index (χ0n) is 12.8. The van der Waals surface area contributed by atoms with Crippen LogP contribution in [0.3, 0.4) is 0 Å². The Bertz CT molecular complexity index is 686. The summed E-state index contributed by atoms with van der Waals surface area (Å²) in [7, 11) is 0. The number of hydrogen-bond acceptors (Lipinski definition) is 2. The van der Waals surface area contributed by atoms with Crippen molar-refractivity contribution in [2.45, 2.75) is 26.2 Å². The highest BCUT2D eigenvalue weighted by atomic mass is 35.5. The molecule has 0 unspecified atom stereocenters. The van der Waals surface area contributed by atoms with Gasteiger partial charge in [0.2, 0.25) is 0 Å². The second kappa shape index (κ2) is 8.53. The Morgan fingerprint density at radius 1 is 0.957 bits per heavy atom. The fourth-order valence-electron chi connectivity index (χ4n) is 2.00. The molecular formula is C18H17ClF2N2. The molecule has 0 bridgehead atoms. The van der Waals surface area contributed by atoms with Crippen LogP contribution < -0.4 is 0 Å². The van der Waals surface area contributed by atoms with E-state index in [9.17, 15) is 8.78 Å². The molecule has 2 aromatic carbocycles. The van der Waals surface area contributed by atoms with E-state index in [0.29, 0.717) is 0 Å². The number of benzene rings is 2. The maximum Gasteiger partial charge on any atom is 0.145 e. The molecule has 2 aromatic rings. The first-order chi connectivity index (χ1) is 11.1. The first-order valence-corrected chi connectivity index (χ1v) is 7.78. The highest BCUT2D eigenvalue weighted by Gasteiger charge is 2.07. The van der Waals surface area contributed by atoms with E-state index in [0.717, 1.165) is 24.1 Å². The van der Waals surface area contributed by atoms with Crippen LogP contribution >= 0.6 is 11.6 Å². The fourth-order valence-corrected chi connectivity index (χ4v) is 2.11. The van der Waals surface area contributed by atoms with E-state index in [1.165, 1.54) is 24.6 Å². The lowest BCUT2D eigenvalue weighted by molar-refractivity contribution is 0.584. The van der Waals surface area contributed by atoms with Crippen molar-refractivity contribution < 1.29 is 8.78 Å². The Hall–Kier alpha value is -2.07. The van der Waals surface area contributed by atoms with Gasteiger partial charge in [-0.1, -0.05) is 49.2 Å². The summed E-state index contributed by atoms with van der Waals surface area (Å²) in [5, 5.41) is 7.15. The van der Waals surface area contributed by atoms with Crippen LogP contribution in [0, 0.1) is 11.6 Å². The second-order valence-electron chi connectivity index (χ2n) is 5.13. The van der Waals surface area contributed by atoms with E-state index < -0.39 is 16.7 Å². The molecule has 2 nitrogen and oxygen atoms in total. The van der Waals surface area contributed by atoms with Gasteiger partial charge in [0.15, 0.2) is 0 Å². The van der Waals surface area contributed by atoms with Crippen molar-refractivity contribution in [2.75, 3.05) is 0 Å². The fraction of sp³-hybridized carbons (Fsp3) is 0.222. The van der Waals surface area contributed by atoms with E-state index in [-0.39, 0.29) is 5.56 Å². The van der Waals surface area contributed by atoms with Crippen LogP contribution in [0.5, 0.6) is 0 Å². The highest BCUT2D eigenvalue weighted by molar-refractivity contribution is 6.30. The molecule has 0 N–H and O–H groups in total. The van der Waals surface area contributed by atoms with Crippen molar-refractivity contribution in [3.8, 4) is 0 Å². The Morgan fingerprint density at radius 2 is 1.52 bits per heavy atom. The monoisotopic (exact) mass is 334 g/mol. The van der Waals surface area contributed by atoms with Gasteiger partial charge < -0.3 is 0 Å². The minimum Gasteiger partial charge on any atom is -0.205 e. The average Bonchev–Trinajstić information content (AvgIpc) is 2.55. The number of aryl methyl sites for hydroxylation is 1. The lowest BCUT2D eigenvalue weighted by atomic mass is 10.1. The van der Waals surface area contributed by atoms with Crippen molar-refractivity contribution in [3.05, 3.63) is 69.7 Å². The minimum atomic E-state index is -0.820. The van der Waals surface area contributed by atoms with Gasteiger partial charge in [-0.2, -0.15) is 10.2 Å². The molecule has 0 saturated heterocycles. The van der Waals surface area contributed by atoms with Crippen LogP contribution in [0.1, 0.15) is 36.5 Å². The molecule has 23 heavy (non-hydrogen) atoms. The molecule has 2 rings (SSSR count). The third-order valence-electron chi connectivity index (χ3n) is 3.29. The zero-order valence-corrected chi connectivity index (χ0v) is 13.5. The van der Waals surface area contributed by atoms with Crippen molar-refractivity contribution >= 4 is 24.0 Å². The van der Waals surface area contributed by atoms with E-state index in [2.05, 4.69) is 29.3 Å². The van der Waals surface area contributed by atoms with Crippen LogP contribution in [-0.4, -0.2) is 12.4 Å². The molecule has 0 heterocycles. The predicted molar refractivity (Wildman–Crippen MR) is 91.6 cm³/mol. The van der Waals surface area contributed by atoms with E-state index in [1.54, 1.807) is 6.21 Å². The third-order valence-corrected chi connectivity index (χ3v) is 3.65. The molecule has 0 aliphatic carbocycles. The largest absolute Gasteiger partial charge is 0.205 e. The smallest absolute Gasteiger partial charge is 0.145 e. The summed E-state index contributed by atoms with van der Waals surface area (Å²) >= 11 is 5.41. The molecule has 0 amide bonds. The molecule has 0 aromatic heterocycles. The second-order valence-corrected chi connectivity index (χ2v) is 5.51. The molecule has 0 radical (unpaired) electrons. The molecule has 5 heteroatoms. The SMILES string of the molecule is CCCCc1ccc(/C=N/N=C/c2cc(F)c(Cl)c(F)c2)cc1. The standard InChI is InChI=1S/C18H17ClF2N2/c1-2-3-4-13-5-7-14(8-6-13)11-22-23-12-15-9-16(20)18(19)17(21)10-15/h5-12H,2-4H2,1H3/b22-11+,23-12+. The van der Waals surface area contributed by atoms with Crippen LogP contribution in [0.2, 0.25) is 5.02 Å². The molecular weight excluding hydrogens is 318 g/mol. The highest BCUT2D eigenvalue weighted by Crippen LogP contribution is 2.19. The van der Waals surface area contributed by atoms with Crippen LogP contribution in [0.15, 0.2) is 46.6 Å². The van der Waals surface area contributed by atoms with Gasteiger partial charge >= 0.3 is 0 Å². The molecule has 0 aliphatic rings. The lowest BCUT2D eigenvalue weighted by Crippen LogP contribution is -1.89. The number of rotatable bonds is 6. The predicted octanol–water partition coefficient (Wildman–Crippen LogP) is 5.41. The van der Waals surface area contributed by atoms with Gasteiger partial charge in [0.05, 0.1) is 12.4 Å². The van der Waals surface area contributed by atoms with E-state index in [4.69, 9.17) is 11.6 Å². The van der Waals surface area contributed by atoms with E-state index in [1.807, 2.05) is 12.1 Å². The maximum atomic E-state index is 13.3. The van der Waals surface area contributed by atoms with E-state index >= 15 is 0 Å². The lowest BCUT2D eigenvalue weighted by Gasteiger charge is -1.99. The Balaban J connectivity index is 1.98. The van der Waals surface area contributed by atoms with Crippen molar-refractivity contribution in [1.29, 1.82) is 0 Å². The van der Waals surface area contributed by atoms with Crippen molar-refractivity contribution in [3.63, 3.8) is 0 Å². The number of unbranched alkanes of at least 4 members (excludes halogenated alkanes) is 1. The van der Waals surface area contributed by atoms with Gasteiger partial charge in [-0.3, -0.25) is 0 Å². The summed E-state index contributed by atoms with van der Waals surface area (Å²) in [5.41, 5.74) is 2.46. The van der Waals surface area contributed by atoms with Gasteiger partial charge in [-0.05, 0) is 36.1 Å². The topological polar surface area (TPSA) is 24.7 Å². The molecule has 0 saturated carbocycles. The van der Waals surface area contributed by atoms with Gasteiger partial charge in [0.1, 0.15) is 16.7 Å². The molecule has 0 aliphatic heterocycles. The summed E-state index contributed by atoms with van der Waals surface area (Å²) < 4.78 is 26.5. The van der Waals surface area contributed by atoms with Crippen molar-refractivity contribution in [1.82, 2.24) is 0 Å². The van der Waals surface area contributed by atoms with Crippen LogP contribution in [0.4, 0.5) is 8.78 Å². The number of halogens is 3. The molecule has 0 atom stereocenters. The first kappa shape index (κ1) is 17.3. The zero-order chi connectivity index (χ0) is 16.7. The maximum absolute atomic E-state index is 13.3. The normalized spacial score (nSPS) is 11.7. The van der Waals surface area contributed by atoms with Gasteiger partial charge in [0, 0.05) is 5.56 Å². The summed E-state index contributed by atoms with van der Waals surface area (Å²) in [6, 6.07) is 10.3. The Kier molecular flexibility index (Phi) is 6.41.